The summed E-state index contributed by atoms with van der Waals surface area (Å²) in [6.07, 6.45) is 1.62. The van der Waals surface area contributed by atoms with Gasteiger partial charge in [0.05, 0.1) is 5.69 Å². The number of nitrogens with zero attached hydrogens (tertiary/aromatic N) is 4. The zero-order valence-electron chi connectivity index (χ0n) is 22.3. The van der Waals surface area contributed by atoms with Gasteiger partial charge in [-0.15, -0.1) is 0 Å². The molecular formula is C28H29N6O6P. The highest BCUT2D eigenvalue weighted by Gasteiger charge is 2.45. The van der Waals surface area contributed by atoms with Gasteiger partial charge >= 0.3 is 13.7 Å². The minimum absolute atomic E-state index is 0.0498. The van der Waals surface area contributed by atoms with Crippen LogP contribution in [0.2, 0.25) is 0 Å². The SMILES string of the molecule is C[C@H](NP(=O)(OC[C@]1(C#N)CC[C@H](c2ccc3c(N)ncnn23)O1)Oc1ccccc1)C(=O)OCc1ccccc1. The maximum absolute atomic E-state index is 13.9. The number of ether oxygens (including phenoxy) is 2. The van der Waals surface area contributed by atoms with Crippen molar-refractivity contribution in [3.8, 4) is 11.8 Å². The van der Waals surface area contributed by atoms with E-state index in [1.54, 1.807) is 40.9 Å². The summed E-state index contributed by atoms with van der Waals surface area (Å²) in [7, 11) is -4.20. The number of fused-ring (bicyclic) bond motifs is 1. The van der Waals surface area contributed by atoms with E-state index in [1.165, 1.54) is 13.3 Å². The molecule has 1 fully saturated rings. The van der Waals surface area contributed by atoms with Gasteiger partial charge in [0, 0.05) is 0 Å². The third-order valence-electron chi connectivity index (χ3n) is 6.59. The number of benzene rings is 2. The fraction of sp³-hybridized carbons (Fsp3) is 0.286. The average molecular weight is 577 g/mol. The number of para-hydroxylation sites is 1. The molecule has 0 saturated carbocycles. The van der Waals surface area contributed by atoms with Crippen molar-refractivity contribution < 1.29 is 27.9 Å². The number of aromatic nitrogens is 3. The summed E-state index contributed by atoms with van der Waals surface area (Å²) >= 11 is 0. The summed E-state index contributed by atoms with van der Waals surface area (Å²) in [5.41, 5.74) is 6.64. The first kappa shape index (κ1) is 28.3. The molecule has 3 heterocycles. The van der Waals surface area contributed by atoms with Crippen molar-refractivity contribution in [1.82, 2.24) is 19.7 Å². The van der Waals surface area contributed by atoms with Gasteiger partial charge in [-0.2, -0.15) is 15.4 Å². The molecule has 0 amide bonds. The fourth-order valence-corrected chi connectivity index (χ4v) is 5.98. The predicted octanol–water partition coefficient (Wildman–Crippen LogP) is 4.35. The Kier molecular flexibility index (Phi) is 8.33. The van der Waals surface area contributed by atoms with Gasteiger partial charge in [0.15, 0.2) is 11.4 Å². The number of rotatable bonds is 11. The van der Waals surface area contributed by atoms with Gasteiger partial charge in [-0.1, -0.05) is 48.5 Å². The molecule has 1 aliphatic rings. The van der Waals surface area contributed by atoms with Crippen LogP contribution in [0.3, 0.4) is 0 Å². The topological polar surface area (TPSA) is 163 Å². The van der Waals surface area contributed by atoms with Crippen LogP contribution in [-0.2, 0) is 30.0 Å². The van der Waals surface area contributed by atoms with Gasteiger partial charge in [-0.05, 0) is 49.6 Å². The van der Waals surface area contributed by atoms with E-state index in [-0.39, 0.29) is 19.0 Å². The van der Waals surface area contributed by atoms with Gasteiger partial charge in [-0.25, -0.2) is 14.1 Å². The molecule has 212 valence electrons. The van der Waals surface area contributed by atoms with Crippen molar-refractivity contribution in [2.45, 2.75) is 44.1 Å². The average Bonchev–Trinajstić information content (AvgIpc) is 3.62. The second-order valence-corrected chi connectivity index (χ2v) is 11.3. The number of nitrogens with two attached hydrogens (primary N) is 1. The van der Waals surface area contributed by atoms with Crippen LogP contribution in [0.1, 0.15) is 37.1 Å². The monoisotopic (exact) mass is 576 g/mol. The molecular weight excluding hydrogens is 547 g/mol. The van der Waals surface area contributed by atoms with Crippen molar-refractivity contribution >= 4 is 25.1 Å². The Bertz CT molecular complexity index is 1590. The molecule has 3 N–H and O–H groups in total. The third-order valence-corrected chi connectivity index (χ3v) is 8.21. The maximum Gasteiger partial charge on any atom is 0.459 e. The molecule has 1 unspecified atom stereocenters. The van der Waals surface area contributed by atoms with Crippen molar-refractivity contribution in [3.05, 3.63) is 90.4 Å². The second-order valence-electron chi connectivity index (χ2n) is 9.57. The normalized spacial score (nSPS) is 20.6. The number of carbonyl (C=O) groups is 1. The van der Waals surface area contributed by atoms with Gasteiger partial charge < -0.3 is 19.7 Å². The first-order valence-corrected chi connectivity index (χ1v) is 14.5. The standard InChI is InChI=1S/C28H29N6O6P/c1-20(27(35)37-16-21-8-4-2-5-9-21)33-41(36,40-22-10-6-3-7-11-22)38-18-28(17-29)15-14-25(39-28)23-12-13-24-26(30)31-19-32-34(23)24/h2-13,19-20,25H,14-16,18H2,1H3,(H,33,36)(H2,30,31,32)/t20-,25+,28+,41?/m0/s1. The molecule has 2 aromatic carbocycles. The highest BCUT2D eigenvalue weighted by Crippen LogP contribution is 2.48. The molecule has 0 spiro atoms. The number of nitrogen functional groups attached to an aromatic ring is 1. The van der Waals surface area contributed by atoms with E-state index < -0.39 is 31.5 Å². The van der Waals surface area contributed by atoms with E-state index in [0.717, 1.165) is 5.56 Å². The quantitative estimate of drug-likeness (QED) is 0.193. The Morgan fingerprint density at radius 3 is 2.68 bits per heavy atom. The second kappa shape index (κ2) is 12.1. The fourth-order valence-electron chi connectivity index (χ4n) is 4.44. The van der Waals surface area contributed by atoms with Crippen LogP contribution in [-0.4, -0.2) is 38.8 Å². The summed E-state index contributed by atoms with van der Waals surface area (Å²) in [5, 5.41) is 17.0. The molecule has 0 bridgehead atoms. The summed E-state index contributed by atoms with van der Waals surface area (Å²) in [6.45, 7) is 1.16. The highest BCUT2D eigenvalue weighted by atomic mass is 31.2. The maximum atomic E-state index is 13.9. The van der Waals surface area contributed by atoms with Crippen molar-refractivity contribution in [2.24, 2.45) is 0 Å². The molecule has 0 aliphatic carbocycles. The Balaban J connectivity index is 1.29. The van der Waals surface area contributed by atoms with E-state index >= 15 is 0 Å². The molecule has 5 rings (SSSR count). The molecule has 4 aromatic rings. The molecule has 1 aliphatic heterocycles. The lowest BCUT2D eigenvalue weighted by Gasteiger charge is -2.27. The van der Waals surface area contributed by atoms with E-state index in [9.17, 15) is 14.6 Å². The molecule has 4 atom stereocenters. The summed E-state index contributed by atoms with van der Waals surface area (Å²) < 4.78 is 38.6. The van der Waals surface area contributed by atoms with Gasteiger partial charge in [-0.3, -0.25) is 9.32 Å². The lowest BCUT2D eigenvalue weighted by atomic mass is 10.0. The Morgan fingerprint density at radius 1 is 1.22 bits per heavy atom. The minimum atomic E-state index is -4.20. The van der Waals surface area contributed by atoms with Crippen LogP contribution in [0.4, 0.5) is 5.82 Å². The number of hydrogen-bond donors (Lipinski definition) is 2. The first-order chi connectivity index (χ1) is 19.8. The number of nitriles is 1. The van der Waals surface area contributed by atoms with Crippen molar-refractivity contribution in [1.29, 1.82) is 5.26 Å². The third kappa shape index (κ3) is 6.56. The van der Waals surface area contributed by atoms with Crippen LogP contribution in [0.15, 0.2) is 79.1 Å². The van der Waals surface area contributed by atoms with Crippen LogP contribution in [0, 0.1) is 11.3 Å². The summed E-state index contributed by atoms with van der Waals surface area (Å²) in [4.78, 5) is 16.7. The molecule has 13 heteroatoms. The Morgan fingerprint density at radius 2 is 1.95 bits per heavy atom. The largest absolute Gasteiger partial charge is 0.460 e. The smallest absolute Gasteiger partial charge is 0.459 e. The van der Waals surface area contributed by atoms with Gasteiger partial charge in [0.25, 0.3) is 0 Å². The van der Waals surface area contributed by atoms with E-state index in [1.807, 2.05) is 36.4 Å². The number of hydrogen-bond acceptors (Lipinski definition) is 10. The number of nitrogens with one attached hydrogen (secondary N) is 1. The van der Waals surface area contributed by atoms with Crippen LogP contribution >= 0.6 is 7.75 Å². The van der Waals surface area contributed by atoms with Crippen LogP contribution in [0.5, 0.6) is 5.75 Å². The summed E-state index contributed by atoms with van der Waals surface area (Å²) in [5.74, 6) is -0.0788. The summed E-state index contributed by atoms with van der Waals surface area (Å²) in [6, 6.07) is 22.3. The molecule has 0 radical (unpaired) electrons. The Hall–Kier alpha value is -4.27. The number of anilines is 1. The van der Waals surface area contributed by atoms with E-state index in [2.05, 4.69) is 21.2 Å². The van der Waals surface area contributed by atoms with Crippen LogP contribution in [0.25, 0.3) is 5.52 Å². The molecule has 12 nitrogen and oxygen atoms in total. The molecule has 41 heavy (non-hydrogen) atoms. The lowest BCUT2D eigenvalue weighted by molar-refractivity contribution is -0.146. The zero-order valence-corrected chi connectivity index (χ0v) is 23.1. The first-order valence-electron chi connectivity index (χ1n) is 12.9. The van der Waals surface area contributed by atoms with Gasteiger partial charge in [0.2, 0.25) is 0 Å². The van der Waals surface area contributed by atoms with E-state index in [4.69, 9.17) is 24.3 Å². The van der Waals surface area contributed by atoms with E-state index in [0.29, 0.717) is 29.9 Å². The Labute approximate surface area is 236 Å². The van der Waals surface area contributed by atoms with Crippen LogP contribution < -0.4 is 15.3 Å². The van der Waals surface area contributed by atoms with Crippen molar-refractivity contribution in [3.63, 3.8) is 0 Å². The van der Waals surface area contributed by atoms with Gasteiger partial charge in [0.1, 0.15) is 49.0 Å². The molecule has 2 aromatic heterocycles. The lowest BCUT2D eigenvalue weighted by Crippen LogP contribution is -2.38. The molecule has 1 saturated heterocycles. The zero-order chi connectivity index (χ0) is 28.9. The van der Waals surface area contributed by atoms with Crippen molar-refractivity contribution in [2.75, 3.05) is 12.3 Å². The number of carbonyl (C=O) groups excluding carboxylic acids is 1. The minimum Gasteiger partial charge on any atom is -0.460 e. The number of esters is 1. The highest BCUT2D eigenvalue weighted by molar-refractivity contribution is 7.52. The predicted molar refractivity (Wildman–Crippen MR) is 148 cm³/mol.